The van der Waals surface area contributed by atoms with Gasteiger partial charge in [-0.05, 0) is 24.6 Å². The molecule has 0 saturated carbocycles. The monoisotopic (exact) mass is 314 g/mol. The molecular weight excluding hydrogens is 296 g/mol. The van der Waals surface area contributed by atoms with E-state index >= 15 is 0 Å². The first-order valence-corrected chi connectivity index (χ1v) is 7.21. The lowest BCUT2D eigenvalue weighted by molar-refractivity contribution is 0.220. The third-order valence-electron chi connectivity index (χ3n) is 2.97. The summed E-state index contributed by atoms with van der Waals surface area (Å²) in [5.74, 6) is 1.15. The number of carbonyl (C=O) groups is 1. The molecule has 1 aromatic rings. The normalized spacial score (nSPS) is 15.0. The van der Waals surface area contributed by atoms with E-state index in [1.165, 1.54) is 0 Å². The zero-order valence-electron chi connectivity index (χ0n) is 11.8. The van der Waals surface area contributed by atoms with Crippen LogP contribution in [0.4, 0.5) is 4.79 Å². The van der Waals surface area contributed by atoms with Crippen LogP contribution in [0.3, 0.4) is 0 Å². The highest BCUT2D eigenvalue weighted by atomic mass is 35.5. The van der Waals surface area contributed by atoms with Gasteiger partial charge in [-0.3, -0.25) is 0 Å². The Hall–Kier alpha value is -1.66. The van der Waals surface area contributed by atoms with Crippen LogP contribution in [0.25, 0.3) is 0 Å². The Morgan fingerprint density at radius 3 is 2.95 bits per heavy atom. The number of carbonyl (C=O) groups excluding carboxylic acids is 1. The van der Waals surface area contributed by atoms with Crippen LogP contribution < -0.4 is 20.1 Å². The molecular formula is C14H19ClN2O4. The fourth-order valence-electron chi connectivity index (χ4n) is 1.89. The summed E-state index contributed by atoms with van der Waals surface area (Å²) in [7, 11) is 0. The summed E-state index contributed by atoms with van der Waals surface area (Å²) in [6.07, 6.45) is 0.806. The number of ether oxygens (including phenoxy) is 2. The van der Waals surface area contributed by atoms with Gasteiger partial charge in [0.2, 0.25) is 0 Å². The molecule has 2 amide bonds. The van der Waals surface area contributed by atoms with Gasteiger partial charge in [-0.1, -0.05) is 11.6 Å². The smallest absolute Gasteiger partial charge is 0.315 e. The summed E-state index contributed by atoms with van der Waals surface area (Å²) >= 11 is 6.18. The van der Waals surface area contributed by atoms with E-state index in [0.717, 1.165) is 12.0 Å². The van der Waals surface area contributed by atoms with E-state index in [-0.39, 0.29) is 18.7 Å². The lowest BCUT2D eigenvalue weighted by Crippen LogP contribution is -2.41. The Labute approximate surface area is 128 Å². The zero-order valence-corrected chi connectivity index (χ0v) is 12.6. The summed E-state index contributed by atoms with van der Waals surface area (Å²) in [6, 6.07) is 2.91. The Balaban J connectivity index is 1.99. The molecule has 0 bridgehead atoms. The summed E-state index contributed by atoms with van der Waals surface area (Å²) < 4.78 is 11.1. The zero-order chi connectivity index (χ0) is 15.2. The maximum absolute atomic E-state index is 11.6. The average Bonchev–Trinajstić information content (AvgIpc) is 2.70. The average molecular weight is 315 g/mol. The number of halogens is 1. The molecule has 0 aliphatic carbocycles. The first-order valence-electron chi connectivity index (χ1n) is 6.83. The van der Waals surface area contributed by atoms with Crippen molar-refractivity contribution in [2.45, 2.75) is 25.9 Å². The molecule has 116 valence electrons. The first-order chi connectivity index (χ1) is 10.1. The number of nitrogens with one attached hydrogen (secondary N) is 2. The Morgan fingerprint density at radius 2 is 2.19 bits per heavy atom. The molecule has 0 fully saturated rings. The van der Waals surface area contributed by atoms with Gasteiger partial charge in [-0.15, -0.1) is 0 Å². The van der Waals surface area contributed by atoms with Gasteiger partial charge in [0.15, 0.2) is 11.5 Å². The number of hydrogen-bond donors (Lipinski definition) is 3. The number of hydrogen-bond acceptors (Lipinski definition) is 4. The maximum atomic E-state index is 11.6. The summed E-state index contributed by atoms with van der Waals surface area (Å²) in [4.78, 5) is 11.6. The largest absolute Gasteiger partial charge is 0.489 e. The molecule has 1 aromatic carbocycles. The highest BCUT2D eigenvalue weighted by Gasteiger charge is 2.16. The van der Waals surface area contributed by atoms with E-state index in [2.05, 4.69) is 10.6 Å². The van der Waals surface area contributed by atoms with Gasteiger partial charge in [-0.25, -0.2) is 4.79 Å². The van der Waals surface area contributed by atoms with Crippen LogP contribution in [0.5, 0.6) is 11.5 Å². The molecule has 6 nitrogen and oxygen atoms in total. The van der Waals surface area contributed by atoms with Crippen molar-refractivity contribution in [3.8, 4) is 11.5 Å². The van der Waals surface area contributed by atoms with Crippen molar-refractivity contribution in [3.05, 3.63) is 22.7 Å². The number of rotatable bonds is 4. The van der Waals surface area contributed by atoms with Gasteiger partial charge in [0.25, 0.3) is 0 Å². The van der Waals surface area contributed by atoms with Crippen LogP contribution in [0.2, 0.25) is 5.02 Å². The Morgan fingerprint density at radius 1 is 1.43 bits per heavy atom. The molecule has 3 N–H and O–H groups in total. The Kier molecular flexibility index (Phi) is 5.52. The molecule has 1 aliphatic heterocycles. The molecule has 1 heterocycles. The fraction of sp³-hybridized carbons (Fsp3) is 0.500. The minimum absolute atomic E-state index is 0.108. The molecule has 0 spiro atoms. The van der Waals surface area contributed by atoms with Crippen molar-refractivity contribution in [1.82, 2.24) is 10.6 Å². The molecule has 1 atom stereocenters. The number of benzene rings is 1. The number of aliphatic hydroxyl groups excluding tert-OH is 1. The predicted octanol–water partition coefficient (Wildman–Crippen LogP) is 1.68. The SMILES string of the molecule is C[C@@H](CO)NC(=O)NCc1cc(Cl)c2c(c1)OCCCO2. The molecule has 7 heteroatoms. The van der Waals surface area contributed by atoms with Crippen molar-refractivity contribution in [2.75, 3.05) is 19.8 Å². The van der Waals surface area contributed by atoms with Crippen molar-refractivity contribution in [2.24, 2.45) is 0 Å². The molecule has 2 rings (SSSR count). The van der Waals surface area contributed by atoms with Gasteiger partial charge in [0.1, 0.15) is 0 Å². The van der Waals surface area contributed by atoms with E-state index < -0.39 is 0 Å². The summed E-state index contributed by atoms with van der Waals surface area (Å²) in [6.45, 7) is 3.06. The highest BCUT2D eigenvalue weighted by molar-refractivity contribution is 6.32. The van der Waals surface area contributed by atoms with E-state index in [0.29, 0.717) is 36.3 Å². The molecule has 21 heavy (non-hydrogen) atoms. The minimum Gasteiger partial charge on any atom is -0.489 e. The first kappa shape index (κ1) is 15.7. The molecule has 0 radical (unpaired) electrons. The fourth-order valence-corrected chi connectivity index (χ4v) is 2.18. The summed E-state index contributed by atoms with van der Waals surface area (Å²) in [5.41, 5.74) is 0.816. The molecule has 0 aromatic heterocycles. The molecule has 0 saturated heterocycles. The van der Waals surface area contributed by atoms with Crippen LogP contribution in [-0.2, 0) is 6.54 Å². The third kappa shape index (κ3) is 4.41. The van der Waals surface area contributed by atoms with E-state index in [1.54, 1.807) is 13.0 Å². The number of amides is 2. The van der Waals surface area contributed by atoms with Crippen molar-refractivity contribution in [1.29, 1.82) is 0 Å². The van der Waals surface area contributed by atoms with Gasteiger partial charge in [-0.2, -0.15) is 0 Å². The molecule has 1 aliphatic rings. The second-order valence-corrected chi connectivity index (χ2v) is 5.27. The van der Waals surface area contributed by atoms with Crippen LogP contribution in [0.1, 0.15) is 18.9 Å². The van der Waals surface area contributed by atoms with Crippen LogP contribution in [0.15, 0.2) is 12.1 Å². The van der Waals surface area contributed by atoms with Crippen LogP contribution >= 0.6 is 11.6 Å². The van der Waals surface area contributed by atoms with Crippen molar-refractivity contribution in [3.63, 3.8) is 0 Å². The lowest BCUT2D eigenvalue weighted by atomic mass is 10.2. The van der Waals surface area contributed by atoms with E-state index in [4.69, 9.17) is 26.2 Å². The highest BCUT2D eigenvalue weighted by Crippen LogP contribution is 2.37. The van der Waals surface area contributed by atoms with E-state index in [1.807, 2.05) is 6.07 Å². The minimum atomic E-state index is -0.347. The third-order valence-corrected chi connectivity index (χ3v) is 3.25. The van der Waals surface area contributed by atoms with Crippen molar-refractivity contribution < 1.29 is 19.4 Å². The molecule has 0 unspecified atom stereocenters. The Bertz CT molecular complexity index is 510. The maximum Gasteiger partial charge on any atom is 0.315 e. The van der Waals surface area contributed by atoms with Crippen LogP contribution in [-0.4, -0.2) is 37.0 Å². The lowest BCUT2D eigenvalue weighted by Gasteiger charge is -2.14. The summed E-state index contributed by atoms with van der Waals surface area (Å²) in [5, 5.41) is 14.6. The number of urea groups is 1. The van der Waals surface area contributed by atoms with E-state index in [9.17, 15) is 4.79 Å². The predicted molar refractivity (Wildman–Crippen MR) is 79.0 cm³/mol. The van der Waals surface area contributed by atoms with Gasteiger partial charge in [0, 0.05) is 13.0 Å². The number of fused-ring (bicyclic) bond motifs is 1. The standard InChI is InChI=1S/C14H19ClN2O4/c1-9(8-18)17-14(19)16-7-10-5-11(15)13-12(6-10)20-3-2-4-21-13/h5-6,9,18H,2-4,7-8H2,1H3,(H2,16,17,19)/t9-/m0/s1. The van der Waals surface area contributed by atoms with Gasteiger partial charge < -0.3 is 25.2 Å². The second-order valence-electron chi connectivity index (χ2n) is 4.87. The van der Waals surface area contributed by atoms with Gasteiger partial charge >= 0.3 is 6.03 Å². The quantitative estimate of drug-likeness (QED) is 0.790. The second kappa shape index (κ2) is 7.38. The van der Waals surface area contributed by atoms with Crippen LogP contribution in [0, 0.1) is 0 Å². The topological polar surface area (TPSA) is 79.8 Å². The van der Waals surface area contributed by atoms with Crippen molar-refractivity contribution >= 4 is 17.6 Å². The van der Waals surface area contributed by atoms with Gasteiger partial charge in [0.05, 0.1) is 30.9 Å². The number of aliphatic hydroxyl groups is 1.